The average molecular weight is 397 g/mol. The van der Waals surface area contributed by atoms with E-state index in [0.29, 0.717) is 26.4 Å². The van der Waals surface area contributed by atoms with Gasteiger partial charge in [0.15, 0.2) is 5.60 Å². The van der Waals surface area contributed by atoms with Crippen LogP contribution in [0.25, 0.3) is 0 Å². The Morgan fingerprint density at radius 3 is 2.68 bits per heavy atom. The molecule has 0 radical (unpaired) electrons. The van der Waals surface area contributed by atoms with E-state index in [9.17, 15) is 9.90 Å². The Balaban J connectivity index is 1.71. The van der Waals surface area contributed by atoms with Gasteiger partial charge >= 0.3 is 6.03 Å². The van der Waals surface area contributed by atoms with Crippen LogP contribution in [0.3, 0.4) is 0 Å². The van der Waals surface area contributed by atoms with Crippen LogP contribution in [0, 0.1) is 0 Å². The summed E-state index contributed by atoms with van der Waals surface area (Å²) in [5.41, 5.74) is -0.961. The Morgan fingerprint density at radius 2 is 2.04 bits per heavy atom. The van der Waals surface area contributed by atoms with E-state index in [0.717, 1.165) is 0 Å². The number of anilines is 1. The van der Waals surface area contributed by atoms with Crippen LogP contribution < -0.4 is 10.6 Å². The monoisotopic (exact) mass is 396 g/mol. The van der Waals surface area contributed by atoms with Crippen molar-refractivity contribution in [2.45, 2.75) is 5.60 Å². The molecule has 2 heterocycles. The summed E-state index contributed by atoms with van der Waals surface area (Å²) < 4.78 is 5.35. The van der Waals surface area contributed by atoms with Crippen LogP contribution in [-0.2, 0) is 5.60 Å². The smallest absolute Gasteiger partial charge is 0.319 e. The molecule has 2 amide bonds. The number of urea groups is 1. The standard InChI is InChI=1S/C17H14Cl2N2O3S/c18-12-6-5-11(9-13(12)19)21-16(22)20-10-17(23,14-3-1-7-24-14)15-4-2-8-25-15/h1-9,23H,10H2,(H2,20,21,22). The van der Waals surface area contributed by atoms with E-state index in [1.807, 2.05) is 11.4 Å². The Kier molecular flexibility index (Phi) is 5.34. The predicted molar refractivity (Wildman–Crippen MR) is 99.5 cm³/mol. The van der Waals surface area contributed by atoms with Crippen LogP contribution in [0.15, 0.2) is 58.5 Å². The first-order valence-corrected chi connectivity index (χ1v) is 8.93. The minimum absolute atomic E-state index is 0.0613. The van der Waals surface area contributed by atoms with Crippen molar-refractivity contribution in [1.29, 1.82) is 0 Å². The lowest BCUT2D eigenvalue weighted by Crippen LogP contribution is -2.42. The number of amides is 2. The van der Waals surface area contributed by atoms with Gasteiger partial charge < -0.3 is 20.2 Å². The zero-order valence-corrected chi connectivity index (χ0v) is 15.2. The number of thiophene rings is 1. The second kappa shape index (κ2) is 7.49. The maximum atomic E-state index is 12.2. The first-order chi connectivity index (χ1) is 12.0. The highest BCUT2D eigenvalue weighted by Gasteiger charge is 2.36. The first-order valence-electron chi connectivity index (χ1n) is 7.29. The van der Waals surface area contributed by atoms with Crippen molar-refractivity contribution < 1.29 is 14.3 Å². The molecule has 2 aromatic heterocycles. The Hall–Kier alpha value is -1.99. The van der Waals surface area contributed by atoms with Gasteiger partial charge in [0.2, 0.25) is 0 Å². The van der Waals surface area contributed by atoms with E-state index < -0.39 is 11.6 Å². The highest BCUT2D eigenvalue weighted by Crippen LogP contribution is 2.32. The second-order valence-electron chi connectivity index (χ2n) is 5.25. The van der Waals surface area contributed by atoms with Crippen molar-refractivity contribution >= 4 is 46.3 Å². The maximum absolute atomic E-state index is 12.2. The summed E-state index contributed by atoms with van der Waals surface area (Å²) in [4.78, 5) is 12.8. The third-order valence-corrected chi connectivity index (χ3v) is 5.30. The molecule has 1 unspecified atom stereocenters. The molecule has 0 saturated heterocycles. The molecule has 0 aliphatic carbocycles. The molecule has 5 nitrogen and oxygen atoms in total. The van der Waals surface area contributed by atoms with Crippen LogP contribution >= 0.6 is 34.5 Å². The summed E-state index contributed by atoms with van der Waals surface area (Å²) in [5.74, 6) is 0.352. The molecule has 0 aliphatic heterocycles. The van der Waals surface area contributed by atoms with Gasteiger partial charge in [0.1, 0.15) is 5.76 Å². The number of halogens is 2. The summed E-state index contributed by atoms with van der Waals surface area (Å²) >= 11 is 13.2. The Labute approximate surface area is 158 Å². The number of hydrogen-bond acceptors (Lipinski definition) is 4. The summed E-state index contributed by atoms with van der Waals surface area (Å²) in [6.07, 6.45) is 1.48. The van der Waals surface area contributed by atoms with Crippen molar-refractivity contribution in [2.24, 2.45) is 0 Å². The molecule has 130 valence electrons. The van der Waals surface area contributed by atoms with E-state index in [4.69, 9.17) is 27.6 Å². The predicted octanol–water partition coefficient (Wildman–Crippen LogP) is 4.71. The van der Waals surface area contributed by atoms with Gasteiger partial charge in [0.25, 0.3) is 0 Å². The van der Waals surface area contributed by atoms with Gasteiger partial charge in [0, 0.05) is 10.6 Å². The summed E-state index contributed by atoms with van der Waals surface area (Å²) in [5, 5.41) is 18.9. The maximum Gasteiger partial charge on any atom is 0.319 e. The minimum Gasteiger partial charge on any atom is -0.466 e. The molecular formula is C17H14Cl2N2O3S. The number of furan rings is 1. The van der Waals surface area contributed by atoms with Gasteiger partial charge in [-0.15, -0.1) is 11.3 Å². The quantitative estimate of drug-likeness (QED) is 0.584. The molecule has 0 spiro atoms. The van der Waals surface area contributed by atoms with Crippen molar-refractivity contribution in [2.75, 3.05) is 11.9 Å². The van der Waals surface area contributed by atoms with Gasteiger partial charge in [-0.2, -0.15) is 0 Å². The Bertz CT molecular complexity index is 817. The first kappa shape index (κ1) is 17.8. The van der Waals surface area contributed by atoms with Crippen molar-refractivity contribution in [1.82, 2.24) is 5.32 Å². The molecule has 25 heavy (non-hydrogen) atoms. The van der Waals surface area contributed by atoms with E-state index in [1.54, 1.807) is 36.4 Å². The minimum atomic E-state index is -1.45. The summed E-state index contributed by atoms with van der Waals surface area (Å²) in [7, 11) is 0. The molecule has 3 aromatic rings. The molecule has 1 atom stereocenters. The number of rotatable bonds is 5. The van der Waals surface area contributed by atoms with Gasteiger partial charge in [-0.25, -0.2) is 4.79 Å². The normalized spacial score (nSPS) is 13.2. The molecule has 1 aromatic carbocycles. The Morgan fingerprint density at radius 1 is 1.20 bits per heavy atom. The lowest BCUT2D eigenvalue weighted by atomic mass is 9.99. The van der Waals surface area contributed by atoms with Crippen molar-refractivity contribution in [3.63, 3.8) is 0 Å². The van der Waals surface area contributed by atoms with E-state index in [2.05, 4.69) is 10.6 Å². The van der Waals surface area contributed by atoms with Crippen LogP contribution in [-0.4, -0.2) is 17.7 Å². The zero-order chi connectivity index (χ0) is 17.9. The average Bonchev–Trinajstić information content (AvgIpc) is 3.30. The van der Waals surface area contributed by atoms with E-state index in [-0.39, 0.29) is 6.54 Å². The lowest BCUT2D eigenvalue weighted by Gasteiger charge is -2.25. The summed E-state index contributed by atoms with van der Waals surface area (Å²) in [6.45, 7) is -0.0613. The summed E-state index contributed by atoms with van der Waals surface area (Å²) in [6, 6.07) is 11.2. The molecule has 0 bridgehead atoms. The van der Waals surface area contributed by atoms with E-state index in [1.165, 1.54) is 17.6 Å². The zero-order valence-electron chi connectivity index (χ0n) is 12.8. The number of benzene rings is 1. The molecule has 3 rings (SSSR count). The number of hydrogen-bond donors (Lipinski definition) is 3. The van der Waals surface area contributed by atoms with E-state index >= 15 is 0 Å². The molecule has 0 aliphatic rings. The van der Waals surface area contributed by atoms with Gasteiger partial charge in [0.05, 0.1) is 22.9 Å². The number of carbonyl (C=O) groups is 1. The third-order valence-electron chi connectivity index (χ3n) is 3.54. The van der Waals surface area contributed by atoms with Crippen LogP contribution in [0.4, 0.5) is 10.5 Å². The topological polar surface area (TPSA) is 74.5 Å². The van der Waals surface area contributed by atoms with Gasteiger partial charge in [-0.05, 0) is 41.8 Å². The molecule has 8 heteroatoms. The number of carbonyl (C=O) groups excluding carboxylic acids is 1. The van der Waals surface area contributed by atoms with Gasteiger partial charge in [-0.3, -0.25) is 0 Å². The van der Waals surface area contributed by atoms with Crippen molar-refractivity contribution in [3.05, 3.63) is 74.8 Å². The molecular weight excluding hydrogens is 383 g/mol. The fourth-order valence-electron chi connectivity index (χ4n) is 2.28. The molecule has 3 N–H and O–H groups in total. The molecule has 0 fully saturated rings. The highest BCUT2D eigenvalue weighted by atomic mass is 35.5. The van der Waals surface area contributed by atoms with Crippen LogP contribution in [0.1, 0.15) is 10.6 Å². The molecule has 0 saturated carbocycles. The van der Waals surface area contributed by atoms with Crippen molar-refractivity contribution in [3.8, 4) is 0 Å². The number of nitrogens with one attached hydrogen (secondary N) is 2. The fourth-order valence-corrected chi connectivity index (χ4v) is 3.41. The SMILES string of the molecule is O=C(NCC(O)(c1ccco1)c1cccs1)Nc1ccc(Cl)c(Cl)c1. The van der Waals surface area contributed by atoms with Gasteiger partial charge in [-0.1, -0.05) is 29.3 Å². The lowest BCUT2D eigenvalue weighted by molar-refractivity contribution is 0.0628. The number of aliphatic hydroxyl groups is 1. The third kappa shape index (κ3) is 3.99. The van der Waals surface area contributed by atoms with Crippen LogP contribution in [0.5, 0.6) is 0 Å². The van der Waals surface area contributed by atoms with Crippen LogP contribution in [0.2, 0.25) is 10.0 Å². The fraction of sp³-hybridized carbons (Fsp3) is 0.118. The largest absolute Gasteiger partial charge is 0.466 e. The highest BCUT2D eigenvalue weighted by molar-refractivity contribution is 7.10. The second-order valence-corrected chi connectivity index (χ2v) is 7.01.